The van der Waals surface area contributed by atoms with Crippen LogP contribution in [0.5, 0.6) is 0 Å². The normalized spacial score (nSPS) is 10.2. The average molecular weight is 202 g/mol. The molecule has 2 rings (SSSR count). The molecule has 0 unspecified atom stereocenters. The minimum Gasteiger partial charge on any atom is -0.464 e. The van der Waals surface area contributed by atoms with Gasteiger partial charge in [-0.3, -0.25) is 0 Å². The Morgan fingerprint density at radius 3 is 2.80 bits per heavy atom. The lowest BCUT2D eigenvalue weighted by molar-refractivity contribution is 0.0594. The Hall–Kier alpha value is -2.10. The summed E-state index contributed by atoms with van der Waals surface area (Å²) in [6.07, 6.45) is 0. The second-order valence-electron chi connectivity index (χ2n) is 3.14. The second-order valence-corrected chi connectivity index (χ2v) is 3.14. The van der Waals surface area contributed by atoms with Crippen LogP contribution < -0.4 is 5.73 Å². The Bertz CT molecular complexity index is 523. The molecule has 15 heavy (non-hydrogen) atoms. The van der Waals surface area contributed by atoms with Gasteiger partial charge in [-0.25, -0.2) is 9.78 Å². The molecule has 1 aromatic heterocycles. The van der Waals surface area contributed by atoms with E-state index in [2.05, 4.69) is 9.72 Å². The minimum absolute atomic E-state index is 0.288. The van der Waals surface area contributed by atoms with Crippen molar-refractivity contribution in [3.8, 4) is 0 Å². The van der Waals surface area contributed by atoms with Gasteiger partial charge >= 0.3 is 5.97 Å². The van der Waals surface area contributed by atoms with Gasteiger partial charge in [0.2, 0.25) is 0 Å². The summed E-state index contributed by atoms with van der Waals surface area (Å²) in [6.45, 7) is 0. The molecular weight excluding hydrogens is 192 g/mol. The van der Waals surface area contributed by atoms with Crippen LogP contribution in [-0.4, -0.2) is 18.1 Å². The van der Waals surface area contributed by atoms with Crippen LogP contribution in [0, 0.1) is 0 Å². The molecule has 0 radical (unpaired) electrons. The maximum absolute atomic E-state index is 11.2. The number of esters is 1. The number of carbonyl (C=O) groups excluding carboxylic acids is 1. The summed E-state index contributed by atoms with van der Waals surface area (Å²) in [5.41, 5.74) is 7.23. The average Bonchev–Trinajstić information content (AvgIpc) is 2.27. The van der Waals surface area contributed by atoms with Crippen molar-refractivity contribution in [1.29, 1.82) is 0 Å². The highest BCUT2D eigenvalue weighted by Gasteiger charge is 2.07. The van der Waals surface area contributed by atoms with E-state index in [4.69, 9.17) is 5.73 Å². The molecule has 0 bridgehead atoms. The van der Waals surface area contributed by atoms with Gasteiger partial charge in [-0.2, -0.15) is 0 Å². The maximum Gasteiger partial charge on any atom is 0.356 e. The number of aromatic nitrogens is 1. The highest BCUT2D eigenvalue weighted by Crippen LogP contribution is 2.16. The lowest BCUT2D eigenvalue weighted by atomic mass is 10.2. The number of fused-ring (bicyclic) bond motifs is 1. The summed E-state index contributed by atoms with van der Waals surface area (Å²) < 4.78 is 4.58. The molecule has 0 aliphatic rings. The monoisotopic (exact) mass is 202 g/mol. The number of benzene rings is 1. The van der Waals surface area contributed by atoms with Crippen molar-refractivity contribution in [2.45, 2.75) is 0 Å². The van der Waals surface area contributed by atoms with E-state index in [0.29, 0.717) is 11.2 Å². The molecule has 4 heteroatoms. The highest BCUT2D eigenvalue weighted by atomic mass is 16.5. The number of hydrogen-bond donors (Lipinski definition) is 1. The Morgan fingerprint density at radius 1 is 1.33 bits per heavy atom. The molecule has 0 atom stereocenters. The van der Waals surface area contributed by atoms with Crippen molar-refractivity contribution >= 4 is 22.6 Å². The Morgan fingerprint density at radius 2 is 2.07 bits per heavy atom. The zero-order valence-corrected chi connectivity index (χ0v) is 8.23. The third kappa shape index (κ3) is 1.74. The molecule has 0 saturated heterocycles. The van der Waals surface area contributed by atoms with Crippen LogP contribution in [0.1, 0.15) is 10.5 Å². The first-order chi connectivity index (χ1) is 7.20. The molecule has 0 aliphatic carbocycles. The molecule has 0 aliphatic heterocycles. The lowest BCUT2D eigenvalue weighted by Gasteiger charge is -2.01. The van der Waals surface area contributed by atoms with E-state index in [1.165, 1.54) is 7.11 Å². The van der Waals surface area contributed by atoms with E-state index < -0.39 is 5.97 Å². The van der Waals surface area contributed by atoms with Crippen molar-refractivity contribution in [2.75, 3.05) is 12.8 Å². The number of carbonyl (C=O) groups is 1. The Kier molecular flexibility index (Phi) is 2.25. The molecule has 0 fully saturated rings. The molecule has 2 aromatic rings. The molecule has 1 aromatic carbocycles. The largest absolute Gasteiger partial charge is 0.464 e. The molecule has 76 valence electrons. The number of nitrogen functional groups attached to an aromatic ring is 1. The molecule has 0 spiro atoms. The van der Waals surface area contributed by atoms with E-state index in [-0.39, 0.29) is 5.69 Å². The van der Waals surface area contributed by atoms with Crippen molar-refractivity contribution in [3.05, 3.63) is 36.0 Å². The lowest BCUT2D eigenvalue weighted by Crippen LogP contribution is -2.03. The van der Waals surface area contributed by atoms with Crippen LogP contribution >= 0.6 is 0 Å². The molecule has 2 N–H and O–H groups in total. The fourth-order valence-electron chi connectivity index (χ4n) is 1.35. The first kappa shape index (κ1) is 9.45. The van der Waals surface area contributed by atoms with E-state index in [1.54, 1.807) is 18.2 Å². The van der Waals surface area contributed by atoms with Crippen molar-refractivity contribution < 1.29 is 9.53 Å². The quantitative estimate of drug-likeness (QED) is 0.563. The van der Waals surface area contributed by atoms with Gasteiger partial charge in [-0.05, 0) is 18.2 Å². The maximum atomic E-state index is 11.2. The van der Waals surface area contributed by atoms with Crippen LogP contribution in [0.4, 0.5) is 5.69 Å². The van der Waals surface area contributed by atoms with Gasteiger partial charge in [-0.15, -0.1) is 0 Å². The van der Waals surface area contributed by atoms with E-state index in [9.17, 15) is 4.79 Å². The molecular formula is C11H10N2O2. The van der Waals surface area contributed by atoms with Crippen LogP contribution in [-0.2, 0) is 4.74 Å². The highest BCUT2D eigenvalue weighted by molar-refractivity contribution is 5.91. The van der Waals surface area contributed by atoms with Gasteiger partial charge in [-0.1, -0.05) is 12.1 Å². The summed E-state index contributed by atoms with van der Waals surface area (Å²) in [5.74, 6) is -0.445. The SMILES string of the molecule is COC(=O)c1ccc2ccc(N)cc2n1. The zero-order valence-electron chi connectivity index (χ0n) is 8.23. The summed E-state index contributed by atoms with van der Waals surface area (Å²) in [7, 11) is 1.33. The number of anilines is 1. The van der Waals surface area contributed by atoms with Crippen molar-refractivity contribution in [1.82, 2.24) is 4.98 Å². The molecule has 1 heterocycles. The number of nitrogens with two attached hydrogens (primary N) is 1. The van der Waals surface area contributed by atoms with Gasteiger partial charge in [0, 0.05) is 11.1 Å². The second kappa shape index (κ2) is 3.57. The van der Waals surface area contributed by atoms with Gasteiger partial charge in [0.1, 0.15) is 5.69 Å². The number of nitrogens with zero attached hydrogens (tertiary/aromatic N) is 1. The first-order valence-corrected chi connectivity index (χ1v) is 4.45. The number of ether oxygens (including phenoxy) is 1. The predicted molar refractivity (Wildman–Crippen MR) is 57.5 cm³/mol. The molecule has 0 saturated carbocycles. The van der Waals surface area contributed by atoms with E-state index in [0.717, 1.165) is 5.39 Å². The third-order valence-corrected chi connectivity index (χ3v) is 2.11. The van der Waals surface area contributed by atoms with Crippen molar-refractivity contribution in [2.24, 2.45) is 0 Å². The van der Waals surface area contributed by atoms with Gasteiger partial charge in [0.15, 0.2) is 0 Å². The van der Waals surface area contributed by atoms with Crippen LogP contribution in [0.3, 0.4) is 0 Å². The number of methoxy groups -OCH3 is 1. The molecule has 0 amide bonds. The standard InChI is InChI=1S/C11H10N2O2/c1-15-11(14)9-5-3-7-2-4-8(12)6-10(7)13-9/h2-6H,12H2,1H3. The van der Waals surface area contributed by atoms with E-state index in [1.807, 2.05) is 12.1 Å². The summed E-state index contributed by atoms with van der Waals surface area (Å²) in [6, 6.07) is 8.82. The summed E-state index contributed by atoms with van der Waals surface area (Å²) >= 11 is 0. The predicted octanol–water partition coefficient (Wildman–Crippen LogP) is 1.60. The van der Waals surface area contributed by atoms with Gasteiger partial charge in [0.05, 0.1) is 12.6 Å². The fourth-order valence-corrected chi connectivity index (χ4v) is 1.35. The zero-order chi connectivity index (χ0) is 10.8. The minimum atomic E-state index is -0.445. The Labute approximate surface area is 86.7 Å². The van der Waals surface area contributed by atoms with Crippen LogP contribution in [0.25, 0.3) is 10.9 Å². The van der Waals surface area contributed by atoms with Crippen LogP contribution in [0.2, 0.25) is 0 Å². The summed E-state index contributed by atoms with van der Waals surface area (Å²) in [4.78, 5) is 15.4. The number of rotatable bonds is 1. The molecule has 4 nitrogen and oxygen atoms in total. The number of hydrogen-bond acceptors (Lipinski definition) is 4. The van der Waals surface area contributed by atoms with Crippen molar-refractivity contribution in [3.63, 3.8) is 0 Å². The van der Waals surface area contributed by atoms with Crippen LogP contribution in [0.15, 0.2) is 30.3 Å². The number of pyridine rings is 1. The Balaban J connectivity index is 2.59. The first-order valence-electron chi connectivity index (χ1n) is 4.45. The topological polar surface area (TPSA) is 65.2 Å². The van der Waals surface area contributed by atoms with Gasteiger partial charge < -0.3 is 10.5 Å². The smallest absolute Gasteiger partial charge is 0.356 e. The van der Waals surface area contributed by atoms with E-state index >= 15 is 0 Å². The summed E-state index contributed by atoms with van der Waals surface area (Å²) in [5, 5.41) is 0.942. The third-order valence-electron chi connectivity index (χ3n) is 2.11. The fraction of sp³-hybridized carbons (Fsp3) is 0.0909. The van der Waals surface area contributed by atoms with Gasteiger partial charge in [0.25, 0.3) is 0 Å².